The van der Waals surface area contributed by atoms with E-state index in [1.54, 1.807) is 0 Å². The van der Waals surface area contributed by atoms with E-state index in [4.69, 9.17) is 16.3 Å². The number of rotatable bonds is 6. The molecule has 6 nitrogen and oxygen atoms in total. The lowest BCUT2D eigenvalue weighted by Gasteiger charge is -2.33. The maximum atomic E-state index is 6.18. The first-order valence-electron chi connectivity index (χ1n) is 8.65. The Morgan fingerprint density at radius 1 is 1.09 bits per heavy atom. The molecule has 1 aromatic rings. The van der Waals surface area contributed by atoms with Crippen molar-refractivity contribution in [1.82, 2.24) is 9.91 Å². The van der Waals surface area contributed by atoms with Crippen molar-refractivity contribution in [2.75, 3.05) is 69.7 Å². The number of hydrogen-bond acceptors (Lipinski definition) is 6. The fourth-order valence-corrected chi connectivity index (χ4v) is 3.36. The van der Waals surface area contributed by atoms with Crippen LogP contribution in [0.5, 0.6) is 0 Å². The van der Waals surface area contributed by atoms with Crippen LogP contribution in [0.25, 0.3) is 0 Å². The van der Waals surface area contributed by atoms with Gasteiger partial charge in [0.25, 0.3) is 0 Å². The Labute approximate surface area is 138 Å². The van der Waals surface area contributed by atoms with Crippen molar-refractivity contribution < 1.29 is 4.74 Å². The van der Waals surface area contributed by atoms with Gasteiger partial charge in [0.15, 0.2) is 0 Å². The zero-order chi connectivity index (χ0) is 16.1. The fraction of sp³-hybridized carbons (Fsp3) is 0.647. The third kappa shape index (κ3) is 4.57. The Bertz CT molecular complexity index is 504. The van der Waals surface area contributed by atoms with Crippen LogP contribution in [-0.4, -0.2) is 68.9 Å². The summed E-state index contributed by atoms with van der Waals surface area (Å²) in [6.07, 6.45) is 2.35. The SMILES string of the molecule is Nc1ccc2c(c1)N(CCN(N)CCN1CCOCC1)CCC2. The molecule has 2 aliphatic heterocycles. The monoisotopic (exact) mass is 319 g/mol. The molecular formula is C17H29N5O. The molecule has 2 heterocycles. The van der Waals surface area contributed by atoms with Gasteiger partial charge in [0.2, 0.25) is 0 Å². The number of hydrazine groups is 1. The van der Waals surface area contributed by atoms with Crippen LogP contribution in [-0.2, 0) is 11.2 Å². The summed E-state index contributed by atoms with van der Waals surface area (Å²) in [5, 5.41) is 1.94. The van der Waals surface area contributed by atoms with Crippen LogP contribution >= 0.6 is 0 Å². The van der Waals surface area contributed by atoms with Crippen LogP contribution < -0.4 is 16.5 Å². The number of nitrogens with zero attached hydrogens (tertiary/aromatic N) is 3. The second kappa shape index (κ2) is 7.97. The molecule has 0 bridgehead atoms. The summed E-state index contributed by atoms with van der Waals surface area (Å²) >= 11 is 0. The van der Waals surface area contributed by atoms with Crippen molar-refractivity contribution in [2.24, 2.45) is 5.84 Å². The first kappa shape index (κ1) is 16.5. The van der Waals surface area contributed by atoms with Crippen molar-refractivity contribution >= 4 is 11.4 Å². The van der Waals surface area contributed by atoms with E-state index in [0.717, 1.165) is 71.1 Å². The zero-order valence-electron chi connectivity index (χ0n) is 13.9. The molecule has 0 atom stereocenters. The van der Waals surface area contributed by atoms with E-state index in [2.05, 4.69) is 21.9 Å². The largest absolute Gasteiger partial charge is 0.399 e. The van der Waals surface area contributed by atoms with E-state index in [9.17, 15) is 0 Å². The minimum atomic E-state index is 0.840. The highest BCUT2D eigenvalue weighted by Crippen LogP contribution is 2.28. The highest BCUT2D eigenvalue weighted by molar-refractivity contribution is 5.62. The number of ether oxygens (including phenoxy) is 1. The smallest absolute Gasteiger partial charge is 0.0594 e. The Hall–Kier alpha value is -1.34. The van der Waals surface area contributed by atoms with Crippen molar-refractivity contribution in [1.29, 1.82) is 0 Å². The molecule has 1 fully saturated rings. The second-order valence-electron chi connectivity index (χ2n) is 6.47. The van der Waals surface area contributed by atoms with Crippen LogP contribution in [0.3, 0.4) is 0 Å². The van der Waals surface area contributed by atoms with Gasteiger partial charge >= 0.3 is 0 Å². The van der Waals surface area contributed by atoms with Crippen molar-refractivity contribution in [3.05, 3.63) is 23.8 Å². The average molecular weight is 319 g/mol. The molecule has 0 aliphatic carbocycles. The van der Waals surface area contributed by atoms with Gasteiger partial charge in [0, 0.05) is 57.2 Å². The third-order valence-corrected chi connectivity index (χ3v) is 4.79. The van der Waals surface area contributed by atoms with Gasteiger partial charge in [-0.15, -0.1) is 0 Å². The molecule has 6 heteroatoms. The van der Waals surface area contributed by atoms with E-state index in [1.165, 1.54) is 17.7 Å². The fourth-order valence-electron chi connectivity index (χ4n) is 3.36. The molecular weight excluding hydrogens is 290 g/mol. The molecule has 0 unspecified atom stereocenters. The van der Waals surface area contributed by atoms with Crippen LogP contribution in [0.4, 0.5) is 11.4 Å². The minimum absolute atomic E-state index is 0.840. The van der Waals surface area contributed by atoms with Crippen molar-refractivity contribution in [2.45, 2.75) is 12.8 Å². The summed E-state index contributed by atoms with van der Waals surface area (Å²) < 4.78 is 5.37. The van der Waals surface area contributed by atoms with Crippen molar-refractivity contribution in [3.8, 4) is 0 Å². The molecule has 1 aromatic carbocycles. The van der Waals surface area contributed by atoms with Gasteiger partial charge in [0.05, 0.1) is 13.2 Å². The van der Waals surface area contributed by atoms with E-state index >= 15 is 0 Å². The number of hydrogen-bond donors (Lipinski definition) is 2. The van der Waals surface area contributed by atoms with E-state index in [0.29, 0.717) is 0 Å². The van der Waals surface area contributed by atoms with Gasteiger partial charge in [-0.2, -0.15) is 0 Å². The van der Waals surface area contributed by atoms with Crippen LogP contribution in [0, 0.1) is 0 Å². The lowest BCUT2D eigenvalue weighted by Crippen LogP contribution is -2.46. The standard InChI is InChI=1S/C17H29N5O/c18-16-4-3-15-2-1-5-21(17(15)14-16)7-9-22(19)8-6-20-10-12-23-13-11-20/h3-4,14H,1-2,5-13,18-19H2. The predicted molar refractivity (Wildman–Crippen MR) is 94.4 cm³/mol. The van der Waals surface area contributed by atoms with Gasteiger partial charge < -0.3 is 15.4 Å². The molecule has 0 radical (unpaired) electrons. The lowest BCUT2D eigenvalue weighted by molar-refractivity contribution is 0.0334. The number of benzene rings is 1. The Kier molecular flexibility index (Phi) is 5.72. The molecule has 3 rings (SSSR count). The molecule has 0 spiro atoms. The first-order chi connectivity index (χ1) is 11.2. The van der Waals surface area contributed by atoms with E-state index in [-0.39, 0.29) is 0 Å². The van der Waals surface area contributed by atoms with Crippen LogP contribution in [0.15, 0.2) is 18.2 Å². The molecule has 0 amide bonds. The number of nitrogens with two attached hydrogens (primary N) is 2. The minimum Gasteiger partial charge on any atom is -0.399 e. The van der Waals surface area contributed by atoms with Crippen molar-refractivity contribution in [3.63, 3.8) is 0 Å². The van der Waals surface area contributed by atoms with Gasteiger partial charge in [0.1, 0.15) is 0 Å². The number of anilines is 2. The normalized spacial score (nSPS) is 19.1. The summed E-state index contributed by atoms with van der Waals surface area (Å²) in [7, 11) is 0. The molecule has 128 valence electrons. The maximum absolute atomic E-state index is 6.18. The molecule has 1 saturated heterocycles. The summed E-state index contributed by atoms with van der Waals surface area (Å²) in [6.45, 7) is 8.57. The number of fused-ring (bicyclic) bond motifs is 1. The Balaban J connectivity index is 1.46. The number of nitrogen functional groups attached to an aromatic ring is 1. The summed E-state index contributed by atoms with van der Waals surface area (Å²) in [4.78, 5) is 4.84. The van der Waals surface area contributed by atoms with E-state index in [1.807, 2.05) is 11.1 Å². The Morgan fingerprint density at radius 3 is 2.70 bits per heavy atom. The molecule has 2 aliphatic rings. The van der Waals surface area contributed by atoms with Gasteiger partial charge in [-0.3, -0.25) is 10.7 Å². The molecule has 0 aromatic heterocycles. The maximum Gasteiger partial charge on any atom is 0.0594 e. The first-order valence-corrected chi connectivity index (χ1v) is 8.65. The van der Waals surface area contributed by atoms with E-state index < -0.39 is 0 Å². The highest BCUT2D eigenvalue weighted by Gasteiger charge is 2.17. The topological polar surface area (TPSA) is 71.0 Å². The molecule has 23 heavy (non-hydrogen) atoms. The molecule has 4 N–H and O–H groups in total. The second-order valence-corrected chi connectivity index (χ2v) is 6.47. The van der Waals surface area contributed by atoms with Gasteiger partial charge in [-0.25, -0.2) is 5.01 Å². The summed E-state index contributed by atoms with van der Waals surface area (Å²) in [5.41, 5.74) is 9.49. The lowest BCUT2D eigenvalue weighted by atomic mass is 10.0. The average Bonchev–Trinajstić information content (AvgIpc) is 2.59. The Morgan fingerprint density at radius 2 is 1.87 bits per heavy atom. The molecule has 0 saturated carbocycles. The van der Waals surface area contributed by atoms with Gasteiger partial charge in [-0.1, -0.05) is 6.07 Å². The number of morpholine rings is 1. The highest BCUT2D eigenvalue weighted by atomic mass is 16.5. The van der Waals surface area contributed by atoms with Crippen LogP contribution in [0.1, 0.15) is 12.0 Å². The number of aryl methyl sites for hydroxylation is 1. The summed E-state index contributed by atoms with van der Waals surface area (Å²) in [6, 6.07) is 6.26. The zero-order valence-corrected chi connectivity index (χ0v) is 13.9. The summed E-state index contributed by atoms with van der Waals surface area (Å²) in [5.74, 6) is 6.18. The predicted octanol–water partition coefficient (Wildman–Crippen LogP) is 0.529. The van der Waals surface area contributed by atoms with Crippen LogP contribution in [0.2, 0.25) is 0 Å². The van der Waals surface area contributed by atoms with Gasteiger partial charge in [-0.05, 0) is 30.5 Å². The quantitative estimate of drug-likeness (QED) is 0.453. The third-order valence-electron chi connectivity index (χ3n) is 4.79.